The molecule has 0 rings (SSSR count). The molecule has 0 amide bonds. The average Bonchev–Trinajstić information content (AvgIpc) is 2.13. The van der Waals surface area contributed by atoms with Crippen LogP contribution in [-0.4, -0.2) is 26.9 Å². The molecule has 0 aromatic carbocycles. The van der Waals surface area contributed by atoms with Crippen molar-refractivity contribution in [1.82, 2.24) is 0 Å². The van der Waals surface area contributed by atoms with Crippen LogP contribution in [0, 0.1) is 5.41 Å². The van der Waals surface area contributed by atoms with E-state index in [2.05, 4.69) is 20.8 Å². The third-order valence-electron chi connectivity index (χ3n) is 3.06. The van der Waals surface area contributed by atoms with Gasteiger partial charge in [-0.3, -0.25) is 0 Å². The van der Waals surface area contributed by atoms with E-state index >= 15 is 0 Å². The largest absolute Gasteiger partial charge is 0.384 e. The number of hydrogen-bond donors (Lipinski definition) is 0. The SMILES string of the molecule is CCC(CC)(COC)C(C)OC. The molecule has 0 heterocycles. The lowest BCUT2D eigenvalue weighted by Crippen LogP contribution is -2.37. The zero-order valence-corrected chi connectivity index (χ0v) is 9.02. The van der Waals surface area contributed by atoms with Gasteiger partial charge >= 0.3 is 0 Å². The van der Waals surface area contributed by atoms with E-state index in [1.165, 1.54) is 0 Å². The van der Waals surface area contributed by atoms with Crippen LogP contribution < -0.4 is 0 Å². The molecule has 0 aliphatic heterocycles. The van der Waals surface area contributed by atoms with Crippen LogP contribution in [0.25, 0.3) is 0 Å². The first kappa shape index (κ1) is 11.9. The van der Waals surface area contributed by atoms with Crippen molar-refractivity contribution in [2.45, 2.75) is 39.7 Å². The highest BCUT2D eigenvalue weighted by Crippen LogP contribution is 2.32. The second-order valence-electron chi connectivity index (χ2n) is 3.38. The summed E-state index contributed by atoms with van der Waals surface area (Å²) in [7, 11) is 3.52. The minimum absolute atomic E-state index is 0.198. The van der Waals surface area contributed by atoms with Crippen molar-refractivity contribution < 1.29 is 9.47 Å². The van der Waals surface area contributed by atoms with Crippen LogP contribution in [0.1, 0.15) is 33.6 Å². The zero-order valence-electron chi connectivity index (χ0n) is 9.02. The first-order valence-corrected chi connectivity index (χ1v) is 4.68. The molecule has 0 N–H and O–H groups in total. The van der Waals surface area contributed by atoms with Crippen molar-refractivity contribution in [2.75, 3.05) is 20.8 Å². The predicted molar refractivity (Wildman–Crippen MR) is 51.4 cm³/mol. The molecule has 0 aliphatic rings. The third-order valence-corrected chi connectivity index (χ3v) is 3.06. The predicted octanol–water partition coefficient (Wildman–Crippen LogP) is 2.47. The quantitative estimate of drug-likeness (QED) is 0.616. The van der Waals surface area contributed by atoms with Gasteiger partial charge in [0.25, 0.3) is 0 Å². The second-order valence-corrected chi connectivity index (χ2v) is 3.38. The summed E-state index contributed by atoms with van der Waals surface area (Å²) < 4.78 is 10.6. The number of ether oxygens (including phenoxy) is 2. The molecule has 1 atom stereocenters. The molecule has 12 heavy (non-hydrogen) atoms. The Hall–Kier alpha value is -0.0800. The zero-order chi connectivity index (χ0) is 9.61. The first-order chi connectivity index (χ1) is 5.66. The highest BCUT2D eigenvalue weighted by Gasteiger charge is 2.32. The maximum atomic E-state index is 5.37. The van der Waals surface area contributed by atoms with Gasteiger partial charge in [-0.05, 0) is 19.8 Å². The summed E-state index contributed by atoms with van der Waals surface area (Å²) in [4.78, 5) is 0. The Morgan fingerprint density at radius 2 is 1.67 bits per heavy atom. The van der Waals surface area contributed by atoms with Crippen molar-refractivity contribution in [2.24, 2.45) is 5.41 Å². The number of methoxy groups -OCH3 is 2. The van der Waals surface area contributed by atoms with Crippen LogP contribution in [0.15, 0.2) is 0 Å². The Morgan fingerprint density at radius 3 is 1.92 bits per heavy atom. The summed E-state index contributed by atoms with van der Waals surface area (Å²) in [6.07, 6.45) is 2.48. The van der Waals surface area contributed by atoms with Gasteiger partial charge in [-0.25, -0.2) is 0 Å². The van der Waals surface area contributed by atoms with E-state index in [0.717, 1.165) is 19.4 Å². The summed E-state index contributed by atoms with van der Waals surface area (Å²) in [6, 6.07) is 0. The van der Waals surface area contributed by atoms with Crippen LogP contribution in [0.4, 0.5) is 0 Å². The Bertz CT molecular complexity index is 108. The highest BCUT2D eigenvalue weighted by molar-refractivity contribution is 4.82. The number of hydrogen-bond acceptors (Lipinski definition) is 2. The fourth-order valence-corrected chi connectivity index (χ4v) is 1.68. The van der Waals surface area contributed by atoms with Gasteiger partial charge in [0, 0.05) is 19.6 Å². The molecule has 0 fully saturated rings. The Morgan fingerprint density at radius 1 is 1.17 bits per heavy atom. The lowest BCUT2D eigenvalue weighted by atomic mass is 9.78. The molecule has 0 aromatic heterocycles. The average molecular weight is 174 g/mol. The molecule has 2 heteroatoms. The summed E-state index contributed by atoms with van der Waals surface area (Å²) in [5, 5.41) is 0. The summed E-state index contributed by atoms with van der Waals surface area (Å²) in [6.45, 7) is 7.29. The van der Waals surface area contributed by atoms with Crippen molar-refractivity contribution >= 4 is 0 Å². The van der Waals surface area contributed by atoms with E-state index in [1.54, 1.807) is 14.2 Å². The molecule has 0 bridgehead atoms. The maximum absolute atomic E-state index is 5.37. The molecule has 0 aromatic rings. The Kier molecular flexibility index (Phi) is 5.51. The summed E-state index contributed by atoms with van der Waals surface area (Å²) in [5.41, 5.74) is 0.198. The molecular weight excluding hydrogens is 152 g/mol. The smallest absolute Gasteiger partial charge is 0.0621 e. The van der Waals surface area contributed by atoms with E-state index in [9.17, 15) is 0 Å². The van der Waals surface area contributed by atoms with Crippen LogP contribution in [0.5, 0.6) is 0 Å². The van der Waals surface area contributed by atoms with Crippen molar-refractivity contribution in [3.63, 3.8) is 0 Å². The van der Waals surface area contributed by atoms with Gasteiger partial charge in [0.2, 0.25) is 0 Å². The Labute approximate surface area is 76.3 Å². The van der Waals surface area contributed by atoms with Crippen molar-refractivity contribution in [3.8, 4) is 0 Å². The molecule has 1 unspecified atom stereocenters. The van der Waals surface area contributed by atoms with Crippen LogP contribution in [-0.2, 0) is 9.47 Å². The van der Waals surface area contributed by atoms with E-state index in [0.29, 0.717) is 0 Å². The standard InChI is InChI=1S/C10H22O2/c1-6-10(7-2,8-11-4)9(3)12-5/h9H,6-8H2,1-5H3. The molecule has 0 aliphatic carbocycles. The van der Waals surface area contributed by atoms with Gasteiger partial charge in [-0.15, -0.1) is 0 Å². The van der Waals surface area contributed by atoms with Crippen LogP contribution in [0.3, 0.4) is 0 Å². The van der Waals surface area contributed by atoms with E-state index in [-0.39, 0.29) is 11.5 Å². The van der Waals surface area contributed by atoms with Gasteiger partial charge in [0.05, 0.1) is 12.7 Å². The van der Waals surface area contributed by atoms with E-state index in [1.807, 2.05) is 0 Å². The van der Waals surface area contributed by atoms with Crippen LogP contribution in [0.2, 0.25) is 0 Å². The molecular formula is C10H22O2. The molecule has 74 valence electrons. The fourth-order valence-electron chi connectivity index (χ4n) is 1.68. The van der Waals surface area contributed by atoms with Crippen molar-refractivity contribution in [3.05, 3.63) is 0 Å². The highest BCUT2D eigenvalue weighted by atomic mass is 16.5. The van der Waals surface area contributed by atoms with Gasteiger partial charge < -0.3 is 9.47 Å². The van der Waals surface area contributed by atoms with E-state index < -0.39 is 0 Å². The maximum Gasteiger partial charge on any atom is 0.0621 e. The lowest BCUT2D eigenvalue weighted by molar-refractivity contribution is -0.0502. The topological polar surface area (TPSA) is 18.5 Å². The molecule has 0 saturated carbocycles. The minimum Gasteiger partial charge on any atom is -0.384 e. The lowest BCUT2D eigenvalue weighted by Gasteiger charge is -2.36. The molecule has 2 nitrogen and oxygen atoms in total. The minimum atomic E-state index is 0.198. The molecule has 0 saturated heterocycles. The normalized spacial score (nSPS) is 14.8. The summed E-state index contributed by atoms with van der Waals surface area (Å²) in [5.74, 6) is 0. The third kappa shape index (κ3) is 2.46. The fraction of sp³-hybridized carbons (Fsp3) is 1.00. The van der Waals surface area contributed by atoms with Crippen molar-refractivity contribution in [1.29, 1.82) is 0 Å². The van der Waals surface area contributed by atoms with Gasteiger partial charge in [0.1, 0.15) is 0 Å². The summed E-state index contributed by atoms with van der Waals surface area (Å²) >= 11 is 0. The van der Waals surface area contributed by atoms with E-state index in [4.69, 9.17) is 9.47 Å². The molecule has 0 spiro atoms. The second kappa shape index (κ2) is 5.55. The van der Waals surface area contributed by atoms with Gasteiger partial charge in [-0.1, -0.05) is 13.8 Å². The Balaban J connectivity index is 4.33. The first-order valence-electron chi connectivity index (χ1n) is 4.68. The molecule has 0 radical (unpaired) electrons. The van der Waals surface area contributed by atoms with Gasteiger partial charge in [0.15, 0.2) is 0 Å². The monoisotopic (exact) mass is 174 g/mol. The number of rotatable bonds is 6. The van der Waals surface area contributed by atoms with Gasteiger partial charge in [-0.2, -0.15) is 0 Å². The van der Waals surface area contributed by atoms with Crippen LogP contribution >= 0.6 is 0 Å².